The number of hydrogen-bond acceptors (Lipinski definition) is 4. The first-order chi connectivity index (χ1) is 12.0. The van der Waals surface area contributed by atoms with Gasteiger partial charge in [0.2, 0.25) is 0 Å². The molecular weight excluding hydrogens is 318 g/mol. The van der Waals surface area contributed by atoms with E-state index in [-0.39, 0.29) is 5.91 Å². The lowest BCUT2D eigenvalue weighted by molar-refractivity contribution is -0.137. The van der Waals surface area contributed by atoms with Crippen molar-refractivity contribution in [1.82, 2.24) is 4.90 Å². The molecule has 0 unspecified atom stereocenters. The van der Waals surface area contributed by atoms with Crippen molar-refractivity contribution in [2.24, 2.45) is 0 Å². The van der Waals surface area contributed by atoms with Crippen molar-refractivity contribution in [1.29, 1.82) is 0 Å². The zero-order valence-electron chi connectivity index (χ0n) is 15.4. The molecule has 0 aliphatic heterocycles. The van der Waals surface area contributed by atoms with Gasteiger partial charge in [0.1, 0.15) is 5.75 Å². The molecule has 0 aromatic heterocycles. The fraction of sp³-hybridized carbons (Fsp3) is 0.350. The monoisotopic (exact) mass is 343 g/mol. The smallest absolute Gasteiger partial charge is 0.263 e. The van der Waals surface area contributed by atoms with E-state index in [1.165, 1.54) is 0 Å². The summed E-state index contributed by atoms with van der Waals surface area (Å²) in [6.07, 6.45) is -0.580. The molecule has 0 fully saturated rings. The van der Waals surface area contributed by atoms with Crippen LogP contribution in [0.15, 0.2) is 42.5 Å². The third-order valence-corrected chi connectivity index (χ3v) is 3.92. The van der Waals surface area contributed by atoms with E-state index in [1.54, 1.807) is 33.1 Å². The Hall–Kier alpha value is -2.69. The summed E-state index contributed by atoms with van der Waals surface area (Å²) >= 11 is 0. The summed E-state index contributed by atoms with van der Waals surface area (Å²) in [6.45, 7) is 4.14. The van der Waals surface area contributed by atoms with Gasteiger partial charge in [-0.05, 0) is 37.6 Å². The van der Waals surface area contributed by atoms with Crippen molar-refractivity contribution < 1.29 is 19.0 Å². The fourth-order valence-electron chi connectivity index (χ4n) is 2.67. The Morgan fingerprint density at radius 1 is 1.12 bits per heavy atom. The van der Waals surface area contributed by atoms with Crippen LogP contribution in [0.25, 0.3) is 0 Å². The van der Waals surface area contributed by atoms with Crippen LogP contribution in [0.3, 0.4) is 0 Å². The summed E-state index contributed by atoms with van der Waals surface area (Å²) in [4.78, 5) is 14.2. The van der Waals surface area contributed by atoms with Gasteiger partial charge in [0.05, 0.1) is 14.2 Å². The summed E-state index contributed by atoms with van der Waals surface area (Å²) in [7, 11) is 4.93. The standard InChI is InChI=1S/C20H25NO4/c1-14-8-6-10-17(12-14)25-15(2)20(22)21(3)13-16-9-7-11-18(23-4)19(16)24-5/h6-12,15H,13H2,1-5H3/t15-/m0/s1. The van der Waals surface area contributed by atoms with Crippen molar-refractivity contribution in [3.05, 3.63) is 53.6 Å². The van der Waals surface area contributed by atoms with Gasteiger partial charge in [-0.1, -0.05) is 24.3 Å². The highest BCUT2D eigenvalue weighted by molar-refractivity contribution is 5.80. The Morgan fingerprint density at radius 3 is 2.48 bits per heavy atom. The van der Waals surface area contributed by atoms with E-state index in [4.69, 9.17) is 14.2 Å². The molecule has 1 amide bonds. The number of nitrogens with zero attached hydrogens (tertiary/aromatic N) is 1. The maximum atomic E-state index is 12.6. The number of aryl methyl sites for hydroxylation is 1. The Bertz CT molecular complexity index is 729. The maximum Gasteiger partial charge on any atom is 0.263 e. The Balaban J connectivity index is 2.07. The second kappa shape index (κ2) is 8.42. The molecule has 0 bridgehead atoms. The van der Waals surface area contributed by atoms with Crippen molar-refractivity contribution in [3.63, 3.8) is 0 Å². The van der Waals surface area contributed by atoms with E-state index in [0.29, 0.717) is 23.8 Å². The van der Waals surface area contributed by atoms with Gasteiger partial charge < -0.3 is 19.1 Å². The minimum atomic E-state index is -0.580. The minimum Gasteiger partial charge on any atom is -0.493 e. The lowest BCUT2D eigenvalue weighted by atomic mass is 10.1. The highest BCUT2D eigenvalue weighted by Crippen LogP contribution is 2.31. The molecule has 5 nitrogen and oxygen atoms in total. The summed E-state index contributed by atoms with van der Waals surface area (Å²) in [5.41, 5.74) is 1.96. The number of rotatable bonds is 7. The van der Waals surface area contributed by atoms with E-state index in [2.05, 4.69) is 0 Å². The Kier molecular flexibility index (Phi) is 6.28. The largest absolute Gasteiger partial charge is 0.493 e. The van der Waals surface area contributed by atoms with E-state index in [9.17, 15) is 4.79 Å². The van der Waals surface area contributed by atoms with E-state index in [1.807, 2.05) is 49.4 Å². The summed E-state index contributed by atoms with van der Waals surface area (Å²) in [6, 6.07) is 13.3. The van der Waals surface area contributed by atoms with Gasteiger partial charge in [-0.2, -0.15) is 0 Å². The Labute approximate surface area is 149 Å². The van der Waals surface area contributed by atoms with Gasteiger partial charge in [-0.3, -0.25) is 4.79 Å². The minimum absolute atomic E-state index is 0.105. The van der Waals surface area contributed by atoms with Gasteiger partial charge in [0.15, 0.2) is 17.6 Å². The molecule has 134 valence electrons. The van der Waals surface area contributed by atoms with Crippen LogP contribution in [0.4, 0.5) is 0 Å². The lowest BCUT2D eigenvalue weighted by Gasteiger charge is -2.23. The zero-order valence-corrected chi connectivity index (χ0v) is 15.4. The number of hydrogen-bond donors (Lipinski definition) is 0. The lowest BCUT2D eigenvalue weighted by Crippen LogP contribution is -2.37. The topological polar surface area (TPSA) is 48.0 Å². The average molecular weight is 343 g/mol. The van der Waals surface area contributed by atoms with Crippen LogP contribution in [0.1, 0.15) is 18.1 Å². The number of benzene rings is 2. The molecule has 0 N–H and O–H groups in total. The second-order valence-corrected chi connectivity index (χ2v) is 5.92. The van der Waals surface area contributed by atoms with Gasteiger partial charge >= 0.3 is 0 Å². The molecule has 1 atom stereocenters. The molecule has 2 aromatic carbocycles. The third-order valence-electron chi connectivity index (χ3n) is 3.92. The quantitative estimate of drug-likeness (QED) is 0.773. The first kappa shape index (κ1) is 18.6. The molecule has 0 aliphatic rings. The maximum absolute atomic E-state index is 12.6. The molecule has 0 saturated heterocycles. The zero-order chi connectivity index (χ0) is 18.4. The van der Waals surface area contributed by atoms with E-state index in [0.717, 1.165) is 11.1 Å². The van der Waals surface area contributed by atoms with E-state index >= 15 is 0 Å². The molecular formula is C20H25NO4. The normalized spacial score (nSPS) is 11.6. The number of methoxy groups -OCH3 is 2. The number of carbonyl (C=O) groups excluding carboxylic acids is 1. The molecule has 2 rings (SSSR count). The SMILES string of the molecule is COc1cccc(CN(C)C(=O)[C@H](C)Oc2cccc(C)c2)c1OC. The number of ether oxygens (including phenoxy) is 3. The van der Waals surface area contributed by atoms with Crippen LogP contribution in [0, 0.1) is 6.92 Å². The highest BCUT2D eigenvalue weighted by atomic mass is 16.5. The third kappa shape index (κ3) is 4.66. The predicted molar refractivity (Wildman–Crippen MR) is 97.3 cm³/mol. The van der Waals surface area contributed by atoms with Crippen molar-refractivity contribution in [3.8, 4) is 17.2 Å². The predicted octanol–water partition coefficient (Wildman–Crippen LogP) is 3.44. The number of carbonyl (C=O) groups is 1. The Morgan fingerprint density at radius 2 is 1.84 bits per heavy atom. The first-order valence-electron chi connectivity index (χ1n) is 8.14. The van der Waals surface area contributed by atoms with Crippen LogP contribution in [-0.4, -0.2) is 38.2 Å². The van der Waals surface area contributed by atoms with Gasteiger partial charge in [-0.25, -0.2) is 0 Å². The molecule has 0 spiro atoms. The van der Waals surface area contributed by atoms with Gasteiger partial charge in [-0.15, -0.1) is 0 Å². The fourth-order valence-corrected chi connectivity index (χ4v) is 2.67. The number of amides is 1. The number of likely N-dealkylation sites (N-methyl/N-ethyl adjacent to an activating group) is 1. The molecule has 0 saturated carbocycles. The van der Waals surface area contributed by atoms with Crippen molar-refractivity contribution >= 4 is 5.91 Å². The van der Waals surface area contributed by atoms with Gasteiger partial charge in [0.25, 0.3) is 5.91 Å². The van der Waals surface area contributed by atoms with Crippen LogP contribution >= 0.6 is 0 Å². The molecule has 0 aliphatic carbocycles. The first-order valence-corrected chi connectivity index (χ1v) is 8.14. The van der Waals surface area contributed by atoms with Crippen LogP contribution in [0.2, 0.25) is 0 Å². The highest BCUT2D eigenvalue weighted by Gasteiger charge is 2.21. The average Bonchev–Trinajstić information content (AvgIpc) is 2.60. The van der Waals surface area contributed by atoms with Crippen LogP contribution < -0.4 is 14.2 Å². The van der Waals surface area contributed by atoms with Crippen LogP contribution in [-0.2, 0) is 11.3 Å². The molecule has 5 heteroatoms. The summed E-state index contributed by atoms with van der Waals surface area (Å²) in [5.74, 6) is 1.86. The van der Waals surface area contributed by atoms with Crippen LogP contribution in [0.5, 0.6) is 17.2 Å². The molecule has 0 radical (unpaired) electrons. The number of para-hydroxylation sites is 1. The summed E-state index contributed by atoms with van der Waals surface area (Å²) < 4.78 is 16.5. The molecule has 25 heavy (non-hydrogen) atoms. The molecule has 2 aromatic rings. The van der Waals surface area contributed by atoms with E-state index < -0.39 is 6.10 Å². The molecule has 0 heterocycles. The van der Waals surface area contributed by atoms with Gasteiger partial charge in [0, 0.05) is 19.2 Å². The second-order valence-electron chi connectivity index (χ2n) is 5.92. The summed E-state index contributed by atoms with van der Waals surface area (Å²) in [5, 5.41) is 0. The van der Waals surface area contributed by atoms with Crippen molar-refractivity contribution in [2.75, 3.05) is 21.3 Å². The van der Waals surface area contributed by atoms with Crippen molar-refractivity contribution in [2.45, 2.75) is 26.5 Å².